The molecule has 1 aliphatic carbocycles. The van der Waals surface area contributed by atoms with Crippen molar-refractivity contribution >= 4 is 11.8 Å². The highest BCUT2D eigenvalue weighted by molar-refractivity contribution is 7.99. The van der Waals surface area contributed by atoms with E-state index >= 15 is 0 Å². The maximum atomic E-state index is 13.8. The molecule has 112 valence electrons. The minimum absolute atomic E-state index is 0.283. The molecule has 1 aromatic carbocycles. The van der Waals surface area contributed by atoms with E-state index in [0.717, 1.165) is 28.4 Å². The Kier molecular flexibility index (Phi) is 3.99. The quantitative estimate of drug-likeness (QED) is 0.918. The van der Waals surface area contributed by atoms with Gasteiger partial charge in [-0.15, -0.1) is 0 Å². The van der Waals surface area contributed by atoms with Crippen LogP contribution in [0.4, 0.5) is 8.78 Å². The van der Waals surface area contributed by atoms with Crippen LogP contribution < -0.4 is 5.32 Å². The molecule has 0 bridgehead atoms. The number of nitrogens with one attached hydrogen (secondary N) is 1. The molecule has 1 aliphatic rings. The van der Waals surface area contributed by atoms with Gasteiger partial charge in [-0.3, -0.25) is 4.68 Å². The Balaban J connectivity index is 1.87. The third-order valence-corrected chi connectivity index (χ3v) is 4.77. The minimum Gasteiger partial charge on any atom is -0.310 e. The Morgan fingerprint density at radius 3 is 2.86 bits per heavy atom. The number of benzene rings is 1. The van der Waals surface area contributed by atoms with Crippen molar-refractivity contribution in [2.75, 3.05) is 0 Å². The van der Waals surface area contributed by atoms with Crippen molar-refractivity contribution in [3.63, 3.8) is 0 Å². The first-order valence-corrected chi connectivity index (χ1v) is 7.75. The van der Waals surface area contributed by atoms with Crippen LogP contribution in [0.15, 0.2) is 28.1 Å². The molecule has 1 N–H and O–H groups in total. The van der Waals surface area contributed by atoms with Gasteiger partial charge in [-0.2, -0.15) is 5.10 Å². The zero-order valence-corrected chi connectivity index (χ0v) is 12.8. The highest BCUT2D eigenvalue weighted by atomic mass is 32.2. The molecule has 1 aromatic heterocycles. The summed E-state index contributed by atoms with van der Waals surface area (Å²) >= 11 is 1.22. The smallest absolute Gasteiger partial charge is 0.137 e. The van der Waals surface area contributed by atoms with Crippen LogP contribution in [0.2, 0.25) is 0 Å². The van der Waals surface area contributed by atoms with Gasteiger partial charge in [0.25, 0.3) is 0 Å². The first kappa shape index (κ1) is 14.5. The molecule has 21 heavy (non-hydrogen) atoms. The van der Waals surface area contributed by atoms with Crippen LogP contribution in [0, 0.1) is 18.6 Å². The van der Waals surface area contributed by atoms with Crippen molar-refractivity contribution in [1.82, 2.24) is 15.1 Å². The number of hydrogen-bond donors (Lipinski definition) is 1. The predicted molar refractivity (Wildman–Crippen MR) is 78.3 cm³/mol. The van der Waals surface area contributed by atoms with Gasteiger partial charge in [0.05, 0.1) is 10.6 Å². The van der Waals surface area contributed by atoms with Gasteiger partial charge >= 0.3 is 0 Å². The molecule has 3 rings (SSSR count). The second kappa shape index (κ2) is 5.77. The van der Waals surface area contributed by atoms with E-state index in [2.05, 4.69) is 10.4 Å². The average Bonchev–Trinajstić information content (AvgIpc) is 3.21. The third kappa shape index (κ3) is 3.27. The van der Waals surface area contributed by atoms with E-state index in [1.165, 1.54) is 30.7 Å². The molecule has 0 unspecified atom stereocenters. The zero-order chi connectivity index (χ0) is 15.0. The van der Waals surface area contributed by atoms with Crippen molar-refractivity contribution < 1.29 is 8.78 Å². The highest BCUT2D eigenvalue weighted by Crippen LogP contribution is 2.34. The van der Waals surface area contributed by atoms with Gasteiger partial charge in [0.1, 0.15) is 16.7 Å². The lowest BCUT2D eigenvalue weighted by Gasteiger charge is -2.08. The SMILES string of the molecule is Cc1nn(C)c(Sc2cc(F)ccc2F)c1CNC1CC1. The largest absolute Gasteiger partial charge is 0.310 e. The predicted octanol–water partition coefficient (Wildman–Crippen LogP) is 3.41. The number of halogens is 2. The normalized spacial score (nSPS) is 14.7. The molecule has 0 atom stereocenters. The standard InChI is InChI=1S/C15H17F2N3S/c1-9-12(8-18-11-4-5-11)15(20(2)19-9)21-14-7-10(16)3-6-13(14)17/h3,6-7,11,18H,4-5,8H2,1-2H3. The van der Waals surface area contributed by atoms with Crippen LogP contribution in [0.25, 0.3) is 0 Å². The van der Waals surface area contributed by atoms with Gasteiger partial charge in [-0.05, 0) is 38.0 Å². The van der Waals surface area contributed by atoms with E-state index in [1.807, 2.05) is 14.0 Å². The summed E-state index contributed by atoms with van der Waals surface area (Å²) in [5.74, 6) is -0.850. The van der Waals surface area contributed by atoms with E-state index in [-0.39, 0.29) is 4.90 Å². The summed E-state index contributed by atoms with van der Waals surface area (Å²) in [6.07, 6.45) is 2.42. The van der Waals surface area contributed by atoms with Crippen molar-refractivity contribution in [3.05, 3.63) is 41.1 Å². The topological polar surface area (TPSA) is 29.9 Å². The van der Waals surface area contributed by atoms with Gasteiger partial charge in [0.2, 0.25) is 0 Å². The maximum Gasteiger partial charge on any atom is 0.137 e. The molecule has 1 heterocycles. The Morgan fingerprint density at radius 1 is 1.38 bits per heavy atom. The summed E-state index contributed by atoms with van der Waals surface area (Å²) in [4.78, 5) is 0.283. The summed E-state index contributed by atoms with van der Waals surface area (Å²) in [7, 11) is 1.83. The van der Waals surface area contributed by atoms with Crippen LogP contribution in [-0.4, -0.2) is 15.8 Å². The van der Waals surface area contributed by atoms with E-state index in [9.17, 15) is 8.78 Å². The van der Waals surface area contributed by atoms with Crippen LogP contribution in [0.1, 0.15) is 24.1 Å². The van der Waals surface area contributed by atoms with E-state index in [1.54, 1.807) is 4.68 Å². The van der Waals surface area contributed by atoms with Crippen molar-refractivity contribution in [3.8, 4) is 0 Å². The Hall–Kier alpha value is -1.40. The van der Waals surface area contributed by atoms with Crippen molar-refractivity contribution in [2.45, 2.75) is 42.3 Å². The Bertz CT molecular complexity index is 665. The fourth-order valence-corrected chi connectivity index (χ4v) is 3.27. The fraction of sp³-hybridized carbons (Fsp3) is 0.400. The Morgan fingerprint density at radius 2 is 2.14 bits per heavy atom. The van der Waals surface area contributed by atoms with Gasteiger partial charge in [-0.1, -0.05) is 11.8 Å². The number of aromatic nitrogens is 2. The molecule has 1 saturated carbocycles. The number of aryl methyl sites for hydroxylation is 2. The molecular weight excluding hydrogens is 292 g/mol. The zero-order valence-electron chi connectivity index (χ0n) is 12.0. The van der Waals surface area contributed by atoms with Crippen LogP contribution in [-0.2, 0) is 13.6 Å². The minimum atomic E-state index is -0.435. The van der Waals surface area contributed by atoms with Crippen molar-refractivity contribution in [1.29, 1.82) is 0 Å². The van der Waals surface area contributed by atoms with Gasteiger partial charge in [-0.25, -0.2) is 8.78 Å². The van der Waals surface area contributed by atoms with E-state index in [4.69, 9.17) is 0 Å². The van der Waals surface area contributed by atoms with E-state index < -0.39 is 11.6 Å². The van der Waals surface area contributed by atoms with Crippen LogP contribution in [0.3, 0.4) is 0 Å². The van der Waals surface area contributed by atoms with Crippen LogP contribution in [0.5, 0.6) is 0 Å². The molecule has 0 saturated heterocycles. The summed E-state index contributed by atoms with van der Waals surface area (Å²) in [5, 5.41) is 8.69. The summed E-state index contributed by atoms with van der Waals surface area (Å²) in [6, 6.07) is 4.10. The van der Waals surface area contributed by atoms with Gasteiger partial charge < -0.3 is 5.32 Å². The molecule has 1 fully saturated rings. The first-order valence-electron chi connectivity index (χ1n) is 6.93. The van der Waals surface area contributed by atoms with Crippen LogP contribution >= 0.6 is 11.8 Å². The van der Waals surface area contributed by atoms with Gasteiger partial charge in [0, 0.05) is 25.2 Å². The number of rotatable bonds is 5. The van der Waals surface area contributed by atoms with Crippen molar-refractivity contribution in [2.24, 2.45) is 7.05 Å². The summed E-state index contributed by atoms with van der Waals surface area (Å²) in [6.45, 7) is 2.65. The number of nitrogens with zero attached hydrogens (tertiary/aromatic N) is 2. The maximum absolute atomic E-state index is 13.8. The molecule has 3 nitrogen and oxygen atoms in total. The molecule has 6 heteroatoms. The third-order valence-electron chi connectivity index (χ3n) is 3.53. The van der Waals surface area contributed by atoms with E-state index in [0.29, 0.717) is 12.6 Å². The lowest BCUT2D eigenvalue weighted by molar-refractivity contribution is 0.576. The number of hydrogen-bond acceptors (Lipinski definition) is 3. The molecule has 0 aliphatic heterocycles. The lowest BCUT2D eigenvalue weighted by Crippen LogP contribution is -2.16. The average molecular weight is 309 g/mol. The molecule has 0 spiro atoms. The molecule has 0 amide bonds. The molecule has 0 radical (unpaired) electrons. The Labute approximate surface area is 126 Å². The fourth-order valence-electron chi connectivity index (χ4n) is 2.21. The van der Waals surface area contributed by atoms with Gasteiger partial charge in [0.15, 0.2) is 0 Å². The second-order valence-electron chi connectivity index (χ2n) is 5.32. The lowest BCUT2D eigenvalue weighted by atomic mass is 10.2. The summed E-state index contributed by atoms with van der Waals surface area (Å²) in [5.41, 5.74) is 1.98. The second-order valence-corrected chi connectivity index (χ2v) is 6.36. The summed E-state index contributed by atoms with van der Waals surface area (Å²) < 4.78 is 28.9. The molecular formula is C15H17F2N3S. The first-order chi connectivity index (χ1) is 10.0. The molecule has 2 aromatic rings. The monoisotopic (exact) mass is 309 g/mol. The highest BCUT2D eigenvalue weighted by Gasteiger charge is 2.23.